The number of rotatable bonds is 10. The van der Waals surface area contributed by atoms with E-state index in [1.165, 1.54) is 0 Å². The van der Waals surface area contributed by atoms with Crippen molar-refractivity contribution in [1.82, 2.24) is 0 Å². The van der Waals surface area contributed by atoms with Crippen LogP contribution in [-0.2, 0) is 4.74 Å². The molecular formula is C14H23NO4. The highest BCUT2D eigenvalue weighted by Crippen LogP contribution is 2.36. The van der Waals surface area contributed by atoms with Crippen molar-refractivity contribution in [3.8, 4) is 17.2 Å². The highest BCUT2D eigenvalue weighted by Gasteiger charge is 2.10. The summed E-state index contributed by atoms with van der Waals surface area (Å²) in [6, 6.07) is 5.56. The average molecular weight is 269 g/mol. The van der Waals surface area contributed by atoms with Crippen LogP contribution >= 0.6 is 0 Å². The van der Waals surface area contributed by atoms with Gasteiger partial charge in [-0.2, -0.15) is 0 Å². The van der Waals surface area contributed by atoms with Crippen molar-refractivity contribution in [2.75, 3.05) is 40.6 Å². The predicted octanol–water partition coefficient (Wildman–Crippen LogP) is 1.84. The Morgan fingerprint density at radius 3 is 2.37 bits per heavy atom. The van der Waals surface area contributed by atoms with E-state index in [0.29, 0.717) is 43.6 Å². The minimum Gasteiger partial charge on any atom is -0.493 e. The van der Waals surface area contributed by atoms with Crippen molar-refractivity contribution in [3.05, 3.63) is 18.2 Å². The molecular weight excluding hydrogens is 246 g/mol. The standard InChI is InChI=1S/C14H23NO4/c1-16-12-6-3-7-13(14(12)17-2)19-11-5-10-18-9-4-8-15/h3,6-7H,4-5,8-11,15H2,1-2H3. The first kappa shape index (κ1) is 15.6. The summed E-state index contributed by atoms with van der Waals surface area (Å²) in [4.78, 5) is 0. The van der Waals surface area contributed by atoms with Crippen LogP contribution < -0.4 is 19.9 Å². The Morgan fingerprint density at radius 1 is 0.947 bits per heavy atom. The van der Waals surface area contributed by atoms with E-state index in [-0.39, 0.29) is 0 Å². The van der Waals surface area contributed by atoms with E-state index in [4.69, 9.17) is 24.7 Å². The SMILES string of the molecule is COc1cccc(OCCCOCCCN)c1OC. The fourth-order valence-corrected chi connectivity index (χ4v) is 1.60. The van der Waals surface area contributed by atoms with Crippen LogP contribution in [0.2, 0.25) is 0 Å². The van der Waals surface area contributed by atoms with Crippen molar-refractivity contribution >= 4 is 0 Å². The molecule has 0 fully saturated rings. The fraction of sp³-hybridized carbons (Fsp3) is 0.571. The Hall–Kier alpha value is -1.46. The average Bonchev–Trinajstić information content (AvgIpc) is 2.45. The van der Waals surface area contributed by atoms with E-state index in [0.717, 1.165) is 12.8 Å². The first-order chi connectivity index (χ1) is 9.33. The summed E-state index contributed by atoms with van der Waals surface area (Å²) in [6.45, 7) is 2.62. The molecule has 0 heterocycles. The zero-order chi connectivity index (χ0) is 13.9. The molecule has 0 aliphatic heterocycles. The van der Waals surface area contributed by atoms with Gasteiger partial charge in [-0.3, -0.25) is 0 Å². The van der Waals surface area contributed by atoms with E-state index in [1.807, 2.05) is 18.2 Å². The maximum absolute atomic E-state index is 5.67. The zero-order valence-electron chi connectivity index (χ0n) is 11.7. The topological polar surface area (TPSA) is 62.9 Å². The molecule has 0 saturated heterocycles. The summed E-state index contributed by atoms with van der Waals surface area (Å²) in [5.74, 6) is 1.97. The smallest absolute Gasteiger partial charge is 0.203 e. The molecule has 0 aliphatic carbocycles. The molecule has 0 spiro atoms. The van der Waals surface area contributed by atoms with Gasteiger partial charge in [-0.25, -0.2) is 0 Å². The normalized spacial score (nSPS) is 10.3. The van der Waals surface area contributed by atoms with Crippen LogP contribution in [0, 0.1) is 0 Å². The van der Waals surface area contributed by atoms with Gasteiger partial charge in [0.1, 0.15) is 0 Å². The van der Waals surface area contributed by atoms with Crippen LogP contribution in [0.5, 0.6) is 17.2 Å². The van der Waals surface area contributed by atoms with Gasteiger partial charge < -0.3 is 24.7 Å². The molecule has 1 rings (SSSR count). The van der Waals surface area contributed by atoms with Gasteiger partial charge in [0.25, 0.3) is 0 Å². The summed E-state index contributed by atoms with van der Waals surface area (Å²) >= 11 is 0. The largest absolute Gasteiger partial charge is 0.493 e. The van der Waals surface area contributed by atoms with Crippen molar-refractivity contribution in [1.29, 1.82) is 0 Å². The summed E-state index contributed by atoms with van der Waals surface area (Å²) < 4.78 is 21.6. The van der Waals surface area contributed by atoms with Crippen molar-refractivity contribution in [2.24, 2.45) is 5.73 Å². The molecule has 108 valence electrons. The number of benzene rings is 1. The van der Waals surface area contributed by atoms with Crippen LogP contribution in [0.3, 0.4) is 0 Å². The number of para-hydroxylation sites is 1. The van der Waals surface area contributed by atoms with Gasteiger partial charge in [-0.15, -0.1) is 0 Å². The Kier molecular flexibility index (Phi) is 7.77. The lowest BCUT2D eigenvalue weighted by Gasteiger charge is -2.13. The number of methoxy groups -OCH3 is 2. The van der Waals surface area contributed by atoms with Gasteiger partial charge in [0, 0.05) is 19.6 Å². The highest BCUT2D eigenvalue weighted by atomic mass is 16.5. The molecule has 0 saturated carbocycles. The van der Waals surface area contributed by atoms with Gasteiger partial charge in [0.05, 0.1) is 20.8 Å². The van der Waals surface area contributed by atoms with Gasteiger partial charge in [-0.05, 0) is 25.1 Å². The number of hydrogen-bond donors (Lipinski definition) is 1. The van der Waals surface area contributed by atoms with Gasteiger partial charge >= 0.3 is 0 Å². The molecule has 0 aromatic heterocycles. The van der Waals surface area contributed by atoms with Crippen LogP contribution in [0.25, 0.3) is 0 Å². The third-order valence-electron chi connectivity index (χ3n) is 2.55. The highest BCUT2D eigenvalue weighted by molar-refractivity contribution is 5.50. The maximum atomic E-state index is 5.67. The molecule has 0 bridgehead atoms. The lowest BCUT2D eigenvalue weighted by atomic mass is 10.3. The maximum Gasteiger partial charge on any atom is 0.203 e. The molecule has 2 N–H and O–H groups in total. The van der Waals surface area contributed by atoms with Crippen molar-refractivity contribution in [2.45, 2.75) is 12.8 Å². The molecule has 0 radical (unpaired) electrons. The third kappa shape index (κ3) is 5.36. The Morgan fingerprint density at radius 2 is 1.68 bits per heavy atom. The summed E-state index contributed by atoms with van der Waals surface area (Å²) in [7, 11) is 3.20. The second-order valence-corrected chi connectivity index (χ2v) is 3.95. The first-order valence-electron chi connectivity index (χ1n) is 6.45. The molecule has 19 heavy (non-hydrogen) atoms. The second kappa shape index (κ2) is 9.47. The molecule has 5 heteroatoms. The van der Waals surface area contributed by atoms with Crippen molar-refractivity contribution < 1.29 is 18.9 Å². The van der Waals surface area contributed by atoms with Gasteiger partial charge in [-0.1, -0.05) is 6.07 Å². The van der Waals surface area contributed by atoms with E-state index >= 15 is 0 Å². The van der Waals surface area contributed by atoms with E-state index in [1.54, 1.807) is 14.2 Å². The Labute approximate surface area is 114 Å². The molecule has 0 unspecified atom stereocenters. The van der Waals surface area contributed by atoms with Gasteiger partial charge in [0.15, 0.2) is 11.5 Å². The molecule has 0 amide bonds. The molecule has 1 aromatic carbocycles. The minimum atomic E-state index is 0.576. The fourth-order valence-electron chi connectivity index (χ4n) is 1.60. The second-order valence-electron chi connectivity index (χ2n) is 3.95. The number of ether oxygens (including phenoxy) is 4. The van der Waals surface area contributed by atoms with E-state index < -0.39 is 0 Å². The predicted molar refractivity (Wildman–Crippen MR) is 74.1 cm³/mol. The first-order valence-corrected chi connectivity index (χ1v) is 6.45. The van der Waals surface area contributed by atoms with E-state index in [2.05, 4.69) is 0 Å². The summed E-state index contributed by atoms with van der Waals surface area (Å²) in [5, 5.41) is 0. The lowest BCUT2D eigenvalue weighted by molar-refractivity contribution is 0.118. The quantitative estimate of drug-likeness (QED) is 0.657. The lowest BCUT2D eigenvalue weighted by Crippen LogP contribution is -2.07. The molecule has 0 aliphatic rings. The summed E-state index contributed by atoms with van der Waals surface area (Å²) in [5.41, 5.74) is 5.37. The monoisotopic (exact) mass is 269 g/mol. The van der Waals surface area contributed by atoms with Crippen LogP contribution in [0.15, 0.2) is 18.2 Å². The van der Waals surface area contributed by atoms with Crippen LogP contribution in [0.4, 0.5) is 0 Å². The van der Waals surface area contributed by atoms with Crippen LogP contribution in [-0.4, -0.2) is 40.6 Å². The van der Waals surface area contributed by atoms with Gasteiger partial charge in [0.2, 0.25) is 5.75 Å². The Balaban J connectivity index is 2.33. The van der Waals surface area contributed by atoms with Crippen molar-refractivity contribution in [3.63, 3.8) is 0 Å². The Bertz CT molecular complexity index is 357. The molecule has 5 nitrogen and oxygen atoms in total. The molecule has 1 aromatic rings. The van der Waals surface area contributed by atoms with Crippen LogP contribution in [0.1, 0.15) is 12.8 Å². The third-order valence-corrected chi connectivity index (χ3v) is 2.55. The zero-order valence-corrected chi connectivity index (χ0v) is 11.7. The minimum absolute atomic E-state index is 0.576. The molecule has 0 atom stereocenters. The number of hydrogen-bond acceptors (Lipinski definition) is 5. The summed E-state index contributed by atoms with van der Waals surface area (Å²) in [6.07, 6.45) is 1.72. The van der Waals surface area contributed by atoms with E-state index in [9.17, 15) is 0 Å². The number of nitrogens with two attached hydrogens (primary N) is 1.